The van der Waals surface area contributed by atoms with Gasteiger partial charge in [-0.1, -0.05) is 0 Å². The second-order valence-corrected chi connectivity index (χ2v) is 5.93. The highest BCUT2D eigenvalue weighted by atomic mass is 16.3. The van der Waals surface area contributed by atoms with Crippen LogP contribution in [0.4, 0.5) is 5.69 Å². The molecule has 1 heterocycles. The molecule has 1 aliphatic rings. The molecule has 0 aliphatic heterocycles. The highest BCUT2D eigenvalue weighted by molar-refractivity contribution is 5.92. The molecule has 5 heteroatoms. The Morgan fingerprint density at radius 1 is 1.52 bits per heavy atom. The van der Waals surface area contributed by atoms with E-state index in [9.17, 15) is 4.79 Å². The number of anilines is 1. The van der Waals surface area contributed by atoms with E-state index in [-0.39, 0.29) is 11.9 Å². The number of hydrogen-bond acceptors (Lipinski definition) is 4. The first-order valence-electron chi connectivity index (χ1n) is 7.58. The fourth-order valence-electron chi connectivity index (χ4n) is 2.34. The van der Waals surface area contributed by atoms with Gasteiger partial charge >= 0.3 is 0 Å². The van der Waals surface area contributed by atoms with Crippen LogP contribution in [0, 0.1) is 0 Å². The Hall–Kier alpha value is -1.88. The summed E-state index contributed by atoms with van der Waals surface area (Å²) in [6, 6.07) is 5.73. The first-order valence-corrected chi connectivity index (χ1v) is 7.58. The van der Waals surface area contributed by atoms with Crippen LogP contribution >= 0.6 is 0 Å². The maximum atomic E-state index is 11.9. The molecule has 1 aliphatic carbocycles. The number of rotatable bonds is 6. The second-order valence-electron chi connectivity index (χ2n) is 5.93. The fourth-order valence-corrected chi connectivity index (χ4v) is 2.34. The van der Waals surface area contributed by atoms with Crippen LogP contribution in [0.25, 0.3) is 11.1 Å². The van der Waals surface area contributed by atoms with E-state index in [1.54, 1.807) is 0 Å². The molecule has 3 N–H and O–H groups in total. The summed E-state index contributed by atoms with van der Waals surface area (Å²) in [5.74, 6) is 1.33. The molecule has 0 radical (unpaired) electrons. The fraction of sp³-hybridized carbons (Fsp3) is 0.500. The van der Waals surface area contributed by atoms with Gasteiger partial charge in [0.2, 0.25) is 5.91 Å². The summed E-state index contributed by atoms with van der Waals surface area (Å²) in [5.41, 5.74) is 8.04. The summed E-state index contributed by atoms with van der Waals surface area (Å²) < 4.78 is 5.71. The van der Waals surface area contributed by atoms with E-state index >= 15 is 0 Å². The van der Waals surface area contributed by atoms with Gasteiger partial charge in [0.05, 0.1) is 0 Å². The van der Waals surface area contributed by atoms with Gasteiger partial charge in [-0.05, 0) is 50.8 Å². The quantitative estimate of drug-likeness (QED) is 0.855. The third kappa shape index (κ3) is 3.61. The number of benzene rings is 1. The zero-order valence-corrected chi connectivity index (χ0v) is 12.3. The Balaban J connectivity index is 1.62. The van der Waals surface area contributed by atoms with E-state index in [2.05, 4.69) is 10.3 Å². The first kappa shape index (κ1) is 14.1. The van der Waals surface area contributed by atoms with E-state index in [0.717, 1.165) is 48.4 Å². The summed E-state index contributed by atoms with van der Waals surface area (Å²) in [7, 11) is 0. The molecule has 1 saturated carbocycles. The van der Waals surface area contributed by atoms with Gasteiger partial charge in [-0.25, -0.2) is 4.98 Å². The molecule has 5 nitrogen and oxygen atoms in total. The van der Waals surface area contributed by atoms with E-state index < -0.39 is 0 Å². The Labute approximate surface area is 123 Å². The second kappa shape index (κ2) is 5.85. The molecule has 0 bridgehead atoms. The smallest absolute Gasteiger partial charge is 0.224 e. The van der Waals surface area contributed by atoms with Gasteiger partial charge in [0.25, 0.3) is 0 Å². The van der Waals surface area contributed by atoms with Gasteiger partial charge < -0.3 is 15.5 Å². The van der Waals surface area contributed by atoms with E-state index in [4.69, 9.17) is 10.2 Å². The third-order valence-electron chi connectivity index (χ3n) is 3.68. The van der Waals surface area contributed by atoms with Gasteiger partial charge in [-0.15, -0.1) is 0 Å². The van der Waals surface area contributed by atoms with Gasteiger partial charge in [0.15, 0.2) is 11.5 Å². The molecule has 3 rings (SSSR count). The van der Waals surface area contributed by atoms with Crippen molar-refractivity contribution in [1.29, 1.82) is 0 Å². The number of oxazole rings is 1. The molecular weight excluding hydrogens is 266 g/mol. The predicted octanol–water partition coefficient (Wildman–Crippen LogP) is 3.16. The van der Waals surface area contributed by atoms with Crippen molar-refractivity contribution in [3.8, 4) is 0 Å². The number of nitrogens with two attached hydrogens (primary N) is 1. The van der Waals surface area contributed by atoms with Gasteiger partial charge in [-0.2, -0.15) is 0 Å². The third-order valence-corrected chi connectivity index (χ3v) is 3.68. The Bertz CT molecular complexity index is 644. The minimum Gasteiger partial charge on any atom is -0.440 e. The van der Waals surface area contributed by atoms with E-state index in [0.29, 0.717) is 12.3 Å². The molecule has 1 amide bonds. The lowest BCUT2D eigenvalue weighted by Crippen LogP contribution is -2.16. The van der Waals surface area contributed by atoms with Crippen molar-refractivity contribution < 1.29 is 9.21 Å². The van der Waals surface area contributed by atoms with Crippen molar-refractivity contribution in [2.45, 2.75) is 51.0 Å². The minimum absolute atomic E-state index is 0.0147. The molecule has 0 spiro atoms. The summed E-state index contributed by atoms with van der Waals surface area (Å²) in [5, 5.41) is 2.90. The largest absolute Gasteiger partial charge is 0.440 e. The van der Waals surface area contributed by atoms with Crippen LogP contribution in [-0.4, -0.2) is 16.9 Å². The lowest BCUT2D eigenvalue weighted by Gasteiger charge is -2.06. The average Bonchev–Trinajstić information content (AvgIpc) is 3.18. The molecule has 1 aromatic carbocycles. The summed E-state index contributed by atoms with van der Waals surface area (Å²) in [6.45, 7) is 1.95. The number of fused-ring (bicyclic) bond motifs is 1. The first-order chi connectivity index (χ1) is 10.1. The average molecular weight is 287 g/mol. The molecule has 1 unspecified atom stereocenters. The molecular formula is C16H21N3O2. The van der Waals surface area contributed by atoms with Gasteiger partial charge in [0, 0.05) is 24.1 Å². The van der Waals surface area contributed by atoms with Crippen LogP contribution in [0.1, 0.15) is 50.8 Å². The molecule has 2 aromatic rings. The zero-order chi connectivity index (χ0) is 14.8. The van der Waals surface area contributed by atoms with Crippen molar-refractivity contribution in [2.75, 3.05) is 5.32 Å². The summed E-state index contributed by atoms with van der Waals surface area (Å²) >= 11 is 0. The summed E-state index contributed by atoms with van der Waals surface area (Å²) in [4.78, 5) is 16.4. The van der Waals surface area contributed by atoms with Crippen LogP contribution in [0.2, 0.25) is 0 Å². The number of aromatic nitrogens is 1. The highest BCUT2D eigenvalue weighted by Crippen LogP contribution is 2.40. The number of nitrogens with zero attached hydrogens (tertiary/aromatic N) is 1. The van der Waals surface area contributed by atoms with Crippen LogP contribution in [0.15, 0.2) is 22.6 Å². The number of nitrogens with one attached hydrogen (secondary N) is 1. The van der Waals surface area contributed by atoms with Crippen molar-refractivity contribution >= 4 is 22.7 Å². The van der Waals surface area contributed by atoms with Crippen molar-refractivity contribution in [1.82, 2.24) is 4.98 Å². The molecule has 21 heavy (non-hydrogen) atoms. The van der Waals surface area contributed by atoms with Gasteiger partial charge in [0.1, 0.15) is 5.52 Å². The molecule has 1 fully saturated rings. The maximum Gasteiger partial charge on any atom is 0.224 e. The standard InChI is InChI=1S/C16H21N3O2/c1-10(17)3-2-4-15(20)18-12-7-8-14-13(9-12)19-16(21-14)11-5-6-11/h7-11H,2-6,17H2,1H3,(H,18,20). The number of amides is 1. The number of hydrogen-bond donors (Lipinski definition) is 2. The van der Waals surface area contributed by atoms with Crippen molar-refractivity contribution in [3.05, 3.63) is 24.1 Å². The van der Waals surface area contributed by atoms with E-state index in [1.165, 1.54) is 0 Å². The van der Waals surface area contributed by atoms with Crippen LogP contribution in [-0.2, 0) is 4.79 Å². The van der Waals surface area contributed by atoms with Gasteiger partial charge in [-0.3, -0.25) is 4.79 Å². The Kier molecular flexibility index (Phi) is 3.92. The molecule has 0 saturated heterocycles. The summed E-state index contributed by atoms with van der Waals surface area (Å²) in [6.07, 6.45) is 4.49. The maximum absolute atomic E-state index is 11.9. The SMILES string of the molecule is CC(N)CCCC(=O)Nc1ccc2oc(C3CC3)nc2c1. The molecule has 1 aromatic heterocycles. The Morgan fingerprint density at radius 2 is 2.33 bits per heavy atom. The molecule has 1 atom stereocenters. The lowest BCUT2D eigenvalue weighted by atomic mass is 10.1. The minimum atomic E-state index is 0.0147. The van der Waals surface area contributed by atoms with Crippen LogP contribution < -0.4 is 11.1 Å². The van der Waals surface area contributed by atoms with Crippen LogP contribution in [0.3, 0.4) is 0 Å². The highest BCUT2D eigenvalue weighted by Gasteiger charge is 2.28. The van der Waals surface area contributed by atoms with Crippen molar-refractivity contribution in [2.24, 2.45) is 5.73 Å². The topological polar surface area (TPSA) is 81.2 Å². The number of carbonyl (C=O) groups is 1. The van der Waals surface area contributed by atoms with E-state index in [1.807, 2.05) is 25.1 Å². The predicted molar refractivity (Wildman–Crippen MR) is 82.1 cm³/mol. The number of carbonyl (C=O) groups excluding carboxylic acids is 1. The monoisotopic (exact) mass is 287 g/mol. The van der Waals surface area contributed by atoms with Crippen LogP contribution in [0.5, 0.6) is 0 Å². The zero-order valence-electron chi connectivity index (χ0n) is 12.3. The lowest BCUT2D eigenvalue weighted by molar-refractivity contribution is -0.116. The van der Waals surface area contributed by atoms with Crippen molar-refractivity contribution in [3.63, 3.8) is 0 Å². The normalized spacial score (nSPS) is 16.1. The molecule has 112 valence electrons. The Morgan fingerprint density at radius 3 is 3.05 bits per heavy atom.